The third kappa shape index (κ3) is 4.66. The Morgan fingerprint density at radius 3 is 2.50 bits per heavy atom. The number of hydrogen-bond donors (Lipinski definition) is 3. The number of hydrogen-bond acceptors (Lipinski definition) is 7. The Labute approximate surface area is 199 Å². The van der Waals surface area contributed by atoms with Gasteiger partial charge in [-0.05, 0) is 38.5 Å². The maximum Gasteiger partial charge on any atom is 0.335 e. The molecule has 0 bridgehead atoms. The number of rotatable bonds is 6. The summed E-state index contributed by atoms with van der Waals surface area (Å²) in [6, 6.07) is 7.44. The van der Waals surface area contributed by atoms with Crippen molar-refractivity contribution < 1.29 is 19.4 Å². The number of benzene rings is 1. The van der Waals surface area contributed by atoms with Gasteiger partial charge in [-0.2, -0.15) is 0 Å². The van der Waals surface area contributed by atoms with Crippen LogP contribution in [0.5, 0.6) is 0 Å². The van der Waals surface area contributed by atoms with Crippen molar-refractivity contribution >= 4 is 34.3 Å². The fourth-order valence-corrected chi connectivity index (χ4v) is 3.61. The molecular formula is C24H21ClFN5O3. The summed E-state index contributed by atoms with van der Waals surface area (Å²) in [5, 5.41) is 22.9. The quantitative estimate of drug-likeness (QED) is 0.352. The molecule has 1 atom stereocenters. The van der Waals surface area contributed by atoms with Crippen LogP contribution in [0.1, 0.15) is 48.6 Å². The summed E-state index contributed by atoms with van der Waals surface area (Å²) >= 11 is 6.42. The Hall–Kier alpha value is -3.69. The smallest absolute Gasteiger partial charge is 0.335 e. The van der Waals surface area contributed by atoms with E-state index in [1.54, 1.807) is 32.0 Å². The number of aliphatic hydroxyl groups is 1. The zero-order valence-corrected chi connectivity index (χ0v) is 19.3. The third-order valence-corrected chi connectivity index (χ3v) is 5.50. The molecule has 0 aliphatic heterocycles. The number of carbonyl (C=O) groups is 1. The predicted octanol–water partition coefficient (Wildman–Crippen LogP) is 4.98. The Morgan fingerprint density at radius 1 is 1.15 bits per heavy atom. The van der Waals surface area contributed by atoms with Crippen LogP contribution in [-0.4, -0.2) is 36.1 Å². The first-order valence-corrected chi connectivity index (χ1v) is 10.7. The number of aromatic nitrogens is 4. The fourth-order valence-electron chi connectivity index (χ4n) is 3.41. The van der Waals surface area contributed by atoms with E-state index >= 15 is 0 Å². The Kier molecular flexibility index (Phi) is 6.16. The fraction of sp³-hybridized carbons (Fsp3) is 0.208. The van der Waals surface area contributed by atoms with Gasteiger partial charge in [0.15, 0.2) is 11.6 Å². The van der Waals surface area contributed by atoms with E-state index in [1.165, 1.54) is 30.7 Å². The van der Waals surface area contributed by atoms with Crippen molar-refractivity contribution in [2.75, 3.05) is 5.32 Å². The van der Waals surface area contributed by atoms with Crippen LogP contribution in [0.15, 0.2) is 48.9 Å². The second-order valence-electron chi connectivity index (χ2n) is 8.32. The van der Waals surface area contributed by atoms with Crippen molar-refractivity contribution in [1.82, 2.24) is 19.9 Å². The summed E-state index contributed by atoms with van der Waals surface area (Å²) in [5.74, 6) is -1.45. The molecule has 0 radical (unpaired) electrons. The lowest BCUT2D eigenvalue weighted by molar-refractivity contribution is 0.0683. The van der Waals surface area contributed by atoms with E-state index in [0.29, 0.717) is 16.8 Å². The van der Waals surface area contributed by atoms with Crippen LogP contribution in [0.4, 0.5) is 10.1 Å². The molecule has 4 rings (SSSR count). The van der Waals surface area contributed by atoms with Crippen LogP contribution in [0.25, 0.3) is 22.3 Å². The highest BCUT2D eigenvalue weighted by molar-refractivity contribution is 6.34. The van der Waals surface area contributed by atoms with E-state index in [1.807, 2.05) is 6.92 Å². The molecule has 0 saturated carbocycles. The number of fused-ring (bicyclic) bond motifs is 1. The zero-order valence-electron chi connectivity index (χ0n) is 18.5. The normalized spacial score (nSPS) is 12.5. The van der Waals surface area contributed by atoms with Crippen molar-refractivity contribution in [2.24, 2.45) is 0 Å². The first-order chi connectivity index (χ1) is 16.0. The minimum Gasteiger partial charge on any atom is -0.478 e. The minimum absolute atomic E-state index is 0.00226. The summed E-state index contributed by atoms with van der Waals surface area (Å²) < 4.78 is 14.9. The van der Waals surface area contributed by atoms with Gasteiger partial charge in [-0.3, -0.25) is 4.98 Å². The van der Waals surface area contributed by atoms with Crippen molar-refractivity contribution in [3.05, 3.63) is 76.7 Å². The van der Waals surface area contributed by atoms with Gasteiger partial charge >= 0.3 is 5.97 Å². The molecule has 0 aliphatic rings. The van der Waals surface area contributed by atoms with E-state index in [4.69, 9.17) is 11.6 Å². The molecule has 0 saturated heterocycles. The molecule has 4 aromatic rings. The summed E-state index contributed by atoms with van der Waals surface area (Å²) in [7, 11) is 0. The van der Waals surface area contributed by atoms with Gasteiger partial charge in [-0.15, -0.1) is 0 Å². The molecule has 0 fully saturated rings. The van der Waals surface area contributed by atoms with Gasteiger partial charge in [0.2, 0.25) is 0 Å². The van der Waals surface area contributed by atoms with E-state index in [0.717, 1.165) is 5.56 Å². The summed E-state index contributed by atoms with van der Waals surface area (Å²) in [5.41, 5.74) is 1.01. The average molecular weight is 482 g/mol. The molecule has 8 nitrogen and oxygen atoms in total. The maximum absolute atomic E-state index is 14.9. The minimum atomic E-state index is -1.24. The largest absolute Gasteiger partial charge is 0.478 e. The van der Waals surface area contributed by atoms with Gasteiger partial charge in [0.05, 0.1) is 21.8 Å². The van der Waals surface area contributed by atoms with E-state index in [-0.39, 0.29) is 33.7 Å². The van der Waals surface area contributed by atoms with E-state index in [2.05, 4.69) is 25.3 Å². The number of carboxylic acids is 1. The first-order valence-electron chi connectivity index (χ1n) is 10.3. The van der Waals surface area contributed by atoms with Crippen LogP contribution >= 0.6 is 11.6 Å². The predicted molar refractivity (Wildman–Crippen MR) is 126 cm³/mol. The molecule has 3 N–H and O–H groups in total. The Balaban J connectivity index is 1.76. The molecule has 3 aromatic heterocycles. The Morgan fingerprint density at radius 2 is 1.85 bits per heavy atom. The van der Waals surface area contributed by atoms with Crippen molar-refractivity contribution in [3.63, 3.8) is 0 Å². The first kappa shape index (κ1) is 23.5. The molecule has 174 valence electrons. The number of carboxylic acid groups (broad SMARTS) is 1. The van der Waals surface area contributed by atoms with Crippen molar-refractivity contribution in [3.8, 4) is 11.3 Å². The molecule has 34 heavy (non-hydrogen) atoms. The van der Waals surface area contributed by atoms with Crippen molar-refractivity contribution in [1.29, 1.82) is 0 Å². The molecule has 1 aromatic carbocycles. The van der Waals surface area contributed by atoms with E-state index < -0.39 is 17.4 Å². The van der Waals surface area contributed by atoms with Crippen LogP contribution < -0.4 is 5.32 Å². The summed E-state index contributed by atoms with van der Waals surface area (Å²) in [6.45, 7) is 4.95. The molecule has 0 amide bonds. The van der Waals surface area contributed by atoms with Crippen molar-refractivity contribution in [2.45, 2.75) is 32.4 Å². The lowest BCUT2D eigenvalue weighted by Crippen LogP contribution is -2.19. The average Bonchev–Trinajstić information content (AvgIpc) is 2.80. The van der Waals surface area contributed by atoms with Crippen LogP contribution in [0, 0.1) is 5.82 Å². The number of halogens is 2. The Bertz CT molecular complexity index is 1390. The third-order valence-electron chi connectivity index (χ3n) is 5.22. The lowest BCUT2D eigenvalue weighted by atomic mass is 10.0. The lowest BCUT2D eigenvalue weighted by Gasteiger charge is -2.19. The standard InChI is InChI=1S/C24H21ClFN5O3/c1-12(13-5-4-6-14(7-13)22(32)33)30-20-16(25)11-27-18-8-17(26)19(31-21(18)20)15-9-28-23(29-10-15)24(2,3)34/h4-12,34H,1-3H3,(H,27,30)(H,32,33)/t12-/m1/s1. The van der Waals surface area contributed by atoms with Crippen LogP contribution in [0.2, 0.25) is 5.02 Å². The van der Waals surface area contributed by atoms with Gasteiger partial charge in [-0.1, -0.05) is 23.7 Å². The van der Waals surface area contributed by atoms with Gasteiger partial charge in [0.1, 0.15) is 16.8 Å². The highest BCUT2D eigenvalue weighted by atomic mass is 35.5. The zero-order chi connectivity index (χ0) is 24.6. The second kappa shape index (κ2) is 8.92. The SMILES string of the molecule is C[C@@H](Nc1c(Cl)cnc2cc(F)c(-c3cnc(C(C)(C)O)nc3)nc12)c1cccc(C(=O)O)c1. The van der Waals surface area contributed by atoms with Gasteiger partial charge in [0, 0.05) is 36.3 Å². The molecule has 10 heteroatoms. The number of nitrogens with zero attached hydrogens (tertiary/aromatic N) is 4. The highest BCUT2D eigenvalue weighted by Gasteiger charge is 2.21. The summed E-state index contributed by atoms with van der Waals surface area (Å²) in [6.07, 6.45) is 4.18. The van der Waals surface area contributed by atoms with Gasteiger partial charge < -0.3 is 15.5 Å². The topological polar surface area (TPSA) is 121 Å². The summed E-state index contributed by atoms with van der Waals surface area (Å²) in [4.78, 5) is 28.2. The highest BCUT2D eigenvalue weighted by Crippen LogP contribution is 2.34. The number of nitrogens with one attached hydrogen (secondary N) is 1. The number of aromatic carboxylic acids is 1. The molecule has 0 spiro atoms. The molecule has 0 aliphatic carbocycles. The number of pyridine rings is 2. The maximum atomic E-state index is 14.9. The van der Waals surface area contributed by atoms with Crippen LogP contribution in [0.3, 0.4) is 0 Å². The molecule has 3 heterocycles. The molecule has 0 unspecified atom stereocenters. The van der Waals surface area contributed by atoms with Gasteiger partial charge in [0.25, 0.3) is 0 Å². The van der Waals surface area contributed by atoms with Gasteiger partial charge in [-0.25, -0.2) is 24.1 Å². The second-order valence-corrected chi connectivity index (χ2v) is 8.73. The van der Waals surface area contributed by atoms with Crippen LogP contribution in [-0.2, 0) is 5.60 Å². The monoisotopic (exact) mass is 481 g/mol. The van der Waals surface area contributed by atoms with E-state index in [9.17, 15) is 19.4 Å². The number of anilines is 1. The molecular weight excluding hydrogens is 461 g/mol.